The highest BCUT2D eigenvalue weighted by Crippen LogP contribution is 2.27. The summed E-state index contributed by atoms with van der Waals surface area (Å²) in [6.45, 7) is 4.88. The maximum atomic E-state index is 13.4. The Morgan fingerprint density at radius 1 is 1.03 bits per heavy atom. The van der Waals surface area contributed by atoms with E-state index < -0.39 is 11.6 Å². The number of hydrogen-bond donors (Lipinski definition) is 2. The zero-order valence-corrected chi connectivity index (χ0v) is 17.9. The van der Waals surface area contributed by atoms with Crippen molar-refractivity contribution in [3.8, 4) is 0 Å². The first kappa shape index (κ1) is 22.4. The molecule has 1 aromatic heterocycles. The SMILES string of the molecule is O=C(Cc1cc(F)cc(F)c1)Nc1ccc(NCC2CCOCC2)nc1N1CCOCC1. The Hall–Kier alpha value is -2.78. The second-order valence-electron chi connectivity index (χ2n) is 8.11. The van der Waals surface area contributed by atoms with Crippen LogP contribution in [0.2, 0.25) is 0 Å². The quantitative estimate of drug-likeness (QED) is 0.680. The Bertz CT molecular complexity index is 911. The second kappa shape index (κ2) is 10.7. The number of morpholine rings is 1. The molecule has 0 saturated carbocycles. The number of anilines is 3. The number of hydrogen-bond acceptors (Lipinski definition) is 6. The van der Waals surface area contributed by atoms with E-state index in [1.807, 2.05) is 12.1 Å². The maximum Gasteiger partial charge on any atom is 0.228 e. The van der Waals surface area contributed by atoms with Crippen molar-refractivity contribution >= 4 is 23.2 Å². The summed E-state index contributed by atoms with van der Waals surface area (Å²) in [4.78, 5) is 19.4. The second-order valence-corrected chi connectivity index (χ2v) is 8.11. The number of nitrogens with one attached hydrogen (secondary N) is 2. The van der Waals surface area contributed by atoms with Gasteiger partial charge in [0.1, 0.15) is 17.5 Å². The number of rotatable bonds is 7. The molecule has 2 N–H and O–H groups in total. The fourth-order valence-electron chi connectivity index (χ4n) is 3.95. The van der Waals surface area contributed by atoms with E-state index in [0.717, 1.165) is 56.6 Å². The molecule has 2 aromatic rings. The summed E-state index contributed by atoms with van der Waals surface area (Å²) in [7, 11) is 0. The van der Waals surface area contributed by atoms with Gasteiger partial charge in [0.05, 0.1) is 25.3 Å². The zero-order valence-electron chi connectivity index (χ0n) is 17.9. The molecule has 0 radical (unpaired) electrons. The molecule has 0 spiro atoms. The first-order valence-corrected chi connectivity index (χ1v) is 11.0. The summed E-state index contributed by atoms with van der Waals surface area (Å²) in [5, 5.41) is 6.26. The van der Waals surface area contributed by atoms with E-state index in [-0.39, 0.29) is 17.9 Å². The van der Waals surface area contributed by atoms with Gasteiger partial charge in [0.15, 0.2) is 5.82 Å². The average Bonchev–Trinajstić information content (AvgIpc) is 2.79. The third-order valence-electron chi connectivity index (χ3n) is 5.66. The smallest absolute Gasteiger partial charge is 0.228 e. The van der Waals surface area contributed by atoms with Crippen LogP contribution < -0.4 is 15.5 Å². The third kappa shape index (κ3) is 6.14. The van der Waals surface area contributed by atoms with Gasteiger partial charge in [-0.2, -0.15) is 0 Å². The minimum Gasteiger partial charge on any atom is -0.381 e. The number of carbonyl (C=O) groups excluding carboxylic acids is 1. The lowest BCUT2D eigenvalue weighted by Gasteiger charge is -2.30. The number of amides is 1. The number of ether oxygens (including phenoxy) is 2. The monoisotopic (exact) mass is 446 g/mol. The third-order valence-corrected chi connectivity index (χ3v) is 5.66. The molecule has 32 heavy (non-hydrogen) atoms. The molecule has 0 aliphatic carbocycles. The van der Waals surface area contributed by atoms with E-state index in [2.05, 4.69) is 15.5 Å². The van der Waals surface area contributed by atoms with Crippen molar-refractivity contribution in [3.05, 3.63) is 47.5 Å². The summed E-state index contributed by atoms with van der Waals surface area (Å²) in [6.07, 6.45) is 1.91. The van der Waals surface area contributed by atoms with Gasteiger partial charge in [-0.1, -0.05) is 0 Å². The summed E-state index contributed by atoms with van der Waals surface area (Å²) >= 11 is 0. The van der Waals surface area contributed by atoms with Crippen molar-refractivity contribution in [2.24, 2.45) is 5.92 Å². The molecule has 0 bridgehead atoms. The normalized spacial score (nSPS) is 17.2. The molecule has 172 valence electrons. The highest BCUT2D eigenvalue weighted by atomic mass is 19.1. The highest BCUT2D eigenvalue weighted by Gasteiger charge is 2.20. The lowest BCUT2D eigenvalue weighted by atomic mass is 10.0. The van der Waals surface area contributed by atoms with Gasteiger partial charge in [0, 0.05) is 38.9 Å². The van der Waals surface area contributed by atoms with Crippen LogP contribution in [0.25, 0.3) is 0 Å². The standard InChI is InChI=1S/C23H28F2N4O3/c24-18-11-17(12-19(25)14-18)13-22(30)27-20-1-2-21(26-15-16-3-7-31-8-4-16)28-23(20)29-5-9-32-10-6-29/h1-2,11-12,14,16H,3-10,13,15H2,(H,26,28)(H,27,30). The van der Waals surface area contributed by atoms with Gasteiger partial charge in [-0.3, -0.25) is 4.79 Å². The lowest BCUT2D eigenvalue weighted by Crippen LogP contribution is -2.37. The molecule has 7 nitrogen and oxygen atoms in total. The first-order valence-electron chi connectivity index (χ1n) is 11.0. The molecule has 0 unspecified atom stereocenters. The maximum absolute atomic E-state index is 13.4. The van der Waals surface area contributed by atoms with Crippen molar-refractivity contribution in [1.82, 2.24) is 4.98 Å². The van der Waals surface area contributed by atoms with E-state index >= 15 is 0 Å². The van der Waals surface area contributed by atoms with Crippen LogP contribution in [0.15, 0.2) is 30.3 Å². The molecule has 2 aliphatic rings. The van der Waals surface area contributed by atoms with Gasteiger partial charge in [-0.25, -0.2) is 13.8 Å². The molecular weight excluding hydrogens is 418 g/mol. The number of nitrogens with zero attached hydrogens (tertiary/aromatic N) is 2. The van der Waals surface area contributed by atoms with E-state index in [0.29, 0.717) is 43.7 Å². The number of aromatic nitrogens is 1. The van der Waals surface area contributed by atoms with E-state index in [4.69, 9.17) is 14.5 Å². The molecule has 9 heteroatoms. The van der Waals surface area contributed by atoms with Crippen LogP contribution in [0.1, 0.15) is 18.4 Å². The highest BCUT2D eigenvalue weighted by molar-refractivity contribution is 5.95. The molecule has 3 heterocycles. The Morgan fingerprint density at radius 3 is 2.44 bits per heavy atom. The van der Waals surface area contributed by atoms with E-state index in [1.54, 1.807) is 0 Å². The van der Waals surface area contributed by atoms with Gasteiger partial charge in [0.25, 0.3) is 0 Å². The Balaban J connectivity index is 1.47. The number of benzene rings is 1. The molecule has 1 aromatic carbocycles. The summed E-state index contributed by atoms with van der Waals surface area (Å²) in [5.74, 6) is 0.164. The van der Waals surface area contributed by atoms with Crippen LogP contribution in [0.3, 0.4) is 0 Å². The van der Waals surface area contributed by atoms with Gasteiger partial charge in [-0.15, -0.1) is 0 Å². The average molecular weight is 446 g/mol. The van der Waals surface area contributed by atoms with Crippen LogP contribution in [0.5, 0.6) is 0 Å². The van der Waals surface area contributed by atoms with Crippen LogP contribution in [-0.4, -0.2) is 57.0 Å². The van der Waals surface area contributed by atoms with Gasteiger partial charge >= 0.3 is 0 Å². The number of carbonyl (C=O) groups is 1. The van der Waals surface area contributed by atoms with Crippen molar-refractivity contribution in [3.63, 3.8) is 0 Å². The fourth-order valence-corrected chi connectivity index (χ4v) is 3.95. The summed E-state index contributed by atoms with van der Waals surface area (Å²) in [5.41, 5.74) is 0.834. The van der Waals surface area contributed by atoms with E-state index in [9.17, 15) is 13.6 Å². The Kier molecular flexibility index (Phi) is 7.49. The van der Waals surface area contributed by atoms with Crippen molar-refractivity contribution < 1.29 is 23.0 Å². The minimum atomic E-state index is -0.705. The summed E-state index contributed by atoms with van der Waals surface area (Å²) in [6, 6.07) is 6.75. The van der Waals surface area contributed by atoms with Crippen molar-refractivity contribution in [1.29, 1.82) is 0 Å². The topological polar surface area (TPSA) is 75.7 Å². The lowest BCUT2D eigenvalue weighted by molar-refractivity contribution is -0.115. The van der Waals surface area contributed by atoms with Crippen molar-refractivity contribution in [2.75, 3.05) is 61.6 Å². The zero-order chi connectivity index (χ0) is 22.3. The first-order chi connectivity index (χ1) is 15.6. The van der Waals surface area contributed by atoms with Crippen LogP contribution in [0.4, 0.5) is 26.1 Å². The largest absolute Gasteiger partial charge is 0.381 e. The predicted molar refractivity (Wildman–Crippen MR) is 118 cm³/mol. The molecule has 4 rings (SSSR count). The molecule has 2 fully saturated rings. The molecule has 2 saturated heterocycles. The van der Waals surface area contributed by atoms with Gasteiger partial charge < -0.3 is 25.0 Å². The Morgan fingerprint density at radius 2 is 1.72 bits per heavy atom. The predicted octanol–water partition coefficient (Wildman–Crippen LogP) is 3.22. The van der Waals surface area contributed by atoms with Crippen LogP contribution in [0, 0.1) is 17.6 Å². The Labute approximate surface area is 186 Å². The number of pyridine rings is 1. The van der Waals surface area contributed by atoms with Gasteiger partial charge in [0.2, 0.25) is 5.91 Å². The van der Waals surface area contributed by atoms with E-state index in [1.165, 1.54) is 0 Å². The van der Waals surface area contributed by atoms with Gasteiger partial charge in [-0.05, 0) is 48.6 Å². The molecule has 1 amide bonds. The molecular formula is C23H28F2N4O3. The van der Waals surface area contributed by atoms with Crippen molar-refractivity contribution in [2.45, 2.75) is 19.3 Å². The number of halogens is 2. The van der Waals surface area contributed by atoms with Crippen LogP contribution >= 0.6 is 0 Å². The molecule has 2 aliphatic heterocycles. The minimum absolute atomic E-state index is 0.138. The van der Waals surface area contributed by atoms with Crippen LogP contribution in [-0.2, 0) is 20.7 Å². The molecule has 0 atom stereocenters. The fraction of sp³-hybridized carbons (Fsp3) is 0.478. The summed E-state index contributed by atoms with van der Waals surface area (Å²) < 4.78 is 37.8.